The zero-order valence-electron chi connectivity index (χ0n) is 12.0. The van der Waals surface area contributed by atoms with Gasteiger partial charge in [0.1, 0.15) is 18.9 Å². The largest absolute Gasteiger partial charge is 0.492 e. The molecule has 0 saturated heterocycles. The Morgan fingerprint density at radius 2 is 1.79 bits per heavy atom. The van der Waals surface area contributed by atoms with Crippen LogP contribution in [0.5, 0.6) is 5.75 Å². The van der Waals surface area contributed by atoms with Crippen LogP contribution in [0, 0.1) is 0 Å². The summed E-state index contributed by atoms with van der Waals surface area (Å²) in [4.78, 5) is 15.1. The predicted molar refractivity (Wildman–Crippen MR) is 75.8 cm³/mol. The Balaban J connectivity index is 2.48. The topological polar surface area (TPSA) is 42.0 Å². The van der Waals surface area contributed by atoms with Crippen LogP contribution in [0.3, 0.4) is 0 Å². The fraction of sp³-hybridized carbons (Fsp3) is 0.500. The van der Waals surface area contributed by atoms with Crippen molar-refractivity contribution in [3.05, 3.63) is 24.3 Å². The minimum atomic E-state index is -0.256. The van der Waals surface area contributed by atoms with Gasteiger partial charge >= 0.3 is 5.97 Å². The summed E-state index contributed by atoms with van der Waals surface area (Å²) in [5, 5.41) is 0. The molecule has 0 heterocycles. The highest BCUT2D eigenvalue weighted by Gasteiger charge is 2.07. The normalized spacial score (nSPS) is 10.4. The number of anilines is 1. The van der Waals surface area contributed by atoms with E-state index in [2.05, 4.69) is 9.64 Å². The monoisotopic (exact) mass is 266 g/mol. The van der Waals surface area contributed by atoms with Gasteiger partial charge < -0.3 is 19.3 Å². The van der Waals surface area contributed by atoms with Crippen molar-refractivity contribution >= 4 is 11.7 Å². The quantitative estimate of drug-likeness (QED) is 0.695. The van der Waals surface area contributed by atoms with E-state index in [4.69, 9.17) is 4.74 Å². The van der Waals surface area contributed by atoms with E-state index in [9.17, 15) is 4.79 Å². The van der Waals surface area contributed by atoms with Crippen molar-refractivity contribution in [2.45, 2.75) is 0 Å². The van der Waals surface area contributed by atoms with E-state index >= 15 is 0 Å². The Morgan fingerprint density at radius 1 is 1.16 bits per heavy atom. The van der Waals surface area contributed by atoms with Gasteiger partial charge in [-0.25, -0.2) is 0 Å². The third kappa shape index (κ3) is 5.61. The molecule has 0 aromatic heterocycles. The maximum absolute atomic E-state index is 11.2. The average Bonchev–Trinajstić information content (AvgIpc) is 2.38. The third-order valence-electron chi connectivity index (χ3n) is 2.68. The molecule has 0 spiro atoms. The molecule has 106 valence electrons. The third-order valence-corrected chi connectivity index (χ3v) is 2.68. The standard InChI is InChI=1S/C14H22N2O3/c1-15(2)9-10-19-13-7-5-12(6-8-13)16(3)11-14(17)18-4/h5-8H,9-11H2,1-4H3. The van der Waals surface area contributed by atoms with Gasteiger partial charge in [-0.15, -0.1) is 0 Å². The molecule has 19 heavy (non-hydrogen) atoms. The number of carbonyl (C=O) groups excluding carboxylic acids is 1. The minimum Gasteiger partial charge on any atom is -0.492 e. The number of ether oxygens (including phenoxy) is 2. The Morgan fingerprint density at radius 3 is 2.32 bits per heavy atom. The molecule has 0 aliphatic rings. The van der Waals surface area contributed by atoms with Crippen molar-refractivity contribution in [2.24, 2.45) is 0 Å². The number of hydrogen-bond acceptors (Lipinski definition) is 5. The zero-order chi connectivity index (χ0) is 14.3. The van der Waals surface area contributed by atoms with Crippen LogP contribution >= 0.6 is 0 Å². The number of methoxy groups -OCH3 is 1. The molecule has 0 radical (unpaired) electrons. The molecule has 0 aliphatic heterocycles. The molecule has 0 fully saturated rings. The van der Waals surface area contributed by atoms with E-state index in [1.54, 1.807) is 0 Å². The van der Waals surface area contributed by atoms with Crippen LogP contribution in [0.1, 0.15) is 0 Å². The fourth-order valence-electron chi connectivity index (χ4n) is 1.49. The first-order chi connectivity index (χ1) is 9.02. The van der Waals surface area contributed by atoms with Crippen molar-refractivity contribution in [3.8, 4) is 5.75 Å². The Hall–Kier alpha value is -1.75. The highest BCUT2D eigenvalue weighted by Crippen LogP contribution is 2.18. The van der Waals surface area contributed by atoms with Gasteiger partial charge in [-0.3, -0.25) is 4.79 Å². The van der Waals surface area contributed by atoms with E-state index < -0.39 is 0 Å². The van der Waals surface area contributed by atoms with E-state index in [1.165, 1.54) is 7.11 Å². The molecule has 1 aromatic rings. The first-order valence-corrected chi connectivity index (χ1v) is 6.18. The lowest BCUT2D eigenvalue weighted by Crippen LogP contribution is -2.26. The van der Waals surface area contributed by atoms with Gasteiger partial charge in [0.2, 0.25) is 0 Å². The van der Waals surface area contributed by atoms with Crippen molar-refractivity contribution in [3.63, 3.8) is 0 Å². The maximum Gasteiger partial charge on any atom is 0.325 e. The summed E-state index contributed by atoms with van der Waals surface area (Å²) in [6.07, 6.45) is 0. The van der Waals surface area contributed by atoms with Gasteiger partial charge in [0, 0.05) is 19.3 Å². The number of benzene rings is 1. The van der Waals surface area contributed by atoms with Crippen molar-refractivity contribution < 1.29 is 14.3 Å². The van der Waals surface area contributed by atoms with E-state index in [-0.39, 0.29) is 12.5 Å². The van der Waals surface area contributed by atoms with E-state index in [0.29, 0.717) is 6.61 Å². The molecule has 0 unspecified atom stereocenters. The second-order valence-electron chi connectivity index (χ2n) is 4.58. The van der Waals surface area contributed by atoms with Crippen molar-refractivity contribution in [1.29, 1.82) is 0 Å². The Labute approximate surface area is 114 Å². The number of esters is 1. The SMILES string of the molecule is COC(=O)CN(C)c1ccc(OCCN(C)C)cc1. The van der Waals surface area contributed by atoms with Gasteiger partial charge in [-0.1, -0.05) is 0 Å². The van der Waals surface area contributed by atoms with Crippen LogP contribution in [-0.2, 0) is 9.53 Å². The molecular weight excluding hydrogens is 244 g/mol. The van der Waals surface area contributed by atoms with Crippen LogP contribution in [0.4, 0.5) is 5.69 Å². The van der Waals surface area contributed by atoms with Crippen LogP contribution in [-0.4, -0.2) is 58.8 Å². The van der Waals surface area contributed by atoms with Gasteiger partial charge in [-0.2, -0.15) is 0 Å². The van der Waals surface area contributed by atoms with Crippen LogP contribution in [0.25, 0.3) is 0 Å². The van der Waals surface area contributed by atoms with E-state index in [0.717, 1.165) is 18.0 Å². The number of rotatable bonds is 7. The molecule has 0 N–H and O–H groups in total. The van der Waals surface area contributed by atoms with Gasteiger partial charge in [0.05, 0.1) is 7.11 Å². The molecule has 5 nitrogen and oxygen atoms in total. The first-order valence-electron chi connectivity index (χ1n) is 6.18. The van der Waals surface area contributed by atoms with Gasteiger partial charge in [-0.05, 0) is 38.4 Å². The lowest BCUT2D eigenvalue weighted by atomic mass is 10.3. The van der Waals surface area contributed by atoms with Crippen LogP contribution in [0.15, 0.2) is 24.3 Å². The number of likely N-dealkylation sites (N-methyl/N-ethyl adjacent to an activating group) is 2. The summed E-state index contributed by atoms with van der Waals surface area (Å²) in [7, 11) is 7.25. The molecule has 0 amide bonds. The van der Waals surface area contributed by atoms with Crippen LogP contribution in [0.2, 0.25) is 0 Å². The van der Waals surface area contributed by atoms with Crippen LogP contribution < -0.4 is 9.64 Å². The van der Waals surface area contributed by atoms with Crippen molar-refractivity contribution in [2.75, 3.05) is 52.8 Å². The summed E-state index contributed by atoms with van der Waals surface area (Å²) in [5.41, 5.74) is 0.949. The molecule has 1 aromatic carbocycles. The fourth-order valence-corrected chi connectivity index (χ4v) is 1.49. The van der Waals surface area contributed by atoms with E-state index in [1.807, 2.05) is 50.3 Å². The number of nitrogens with zero attached hydrogens (tertiary/aromatic N) is 2. The minimum absolute atomic E-state index is 0.233. The smallest absolute Gasteiger partial charge is 0.325 e. The summed E-state index contributed by atoms with van der Waals surface area (Å²) >= 11 is 0. The molecule has 0 atom stereocenters. The molecule has 1 rings (SSSR count). The van der Waals surface area contributed by atoms with Gasteiger partial charge in [0.15, 0.2) is 0 Å². The second kappa shape index (κ2) is 7.63. The summed E-state index contributed by atoms with van der Waals surface area (Å²) in [6, 6.07) is 7.65. The summed E-state index contributed by atoms with van der Waals surface area (Å²) in [5.74, 6) is 0.575. The maximum atomic E-state index is 11.2. The molecule has 5 heteroatoms. The molecule has 0 aliphatic carbocycles. The zero-order valence-corrected chi connectivity index (χ0v) is 12.0. The van der Waals surface area contributed by atoms with Gasteiger partial charge in [0.25, 0.3) is 0 Å². The number of carbonyl (C=O) groups is 1. The molecule has 0 saturated carbocycles. The van der Waals surface area contributed by atoms with Crippen molar-refractivity contribution in [1.82, 2.24) is 4.90 Å². The second-order valence-corrected chi connectivity index (χ2v) is 4.58. The molecular formula is C14H22N2O3. The lowest BCUT2D eigenvalue weighted by molar-refractivity contribution is -0.138. The Bertz CT molecular complexity index is 390. The highest BCUT2D eigenvalue weighted by atomic mass is 16.5. The molecule has 0 bridgehead atoms. The average molecular weight is 266 g/mol. The first kappa shape index (κ1) is 15.3. The highest BCUT2D eigenvalue weighted by molar-refractivity contribution is 5.75. The lowest BCUT2D eigenvalue weighted by Gasteiger charge is -2.18. The summed E-state index contributed by atoms with van der Waals surface area (Å²) < 4.78 is 10.2. The number of hydrogen-bond donors (Lipinski definition) is 0. The summed E-state index contributed by atoms with van der Waals surface area (Å²) in [6.45, 7) is 1.77. The predicted octanol–water partition coefficient (Wildman–Crippen LogP) is 1.24. The Kier molecular flexibility index (Phi) is 6.15.